The molecule has 0 fully saturated rings. The number of pyridine rings is 1. The van der Waals surface area contributed by atoms with Crippen molar-refractivity contribution in [3.05, 3.63) is 78.3 Å². The van der Waals surface area contributed by atoms with E-state index in [1.54, 1.807) is 6.07 Å². The minimum atomic E-state index is -3.89. The zero-order valence-corrected chi connectivity index (χ0v) is 17.1. The average molecular weight is 440 g/mol. The minimum Gasteiger partial charge on any atom is -0.321 e. The number of carbonyl (C=O) groups is 1. The summed E-state index contributed by atoms with van der Waals surface area (Å²) in [6.07, 6.45) is 4.51. The second-order valence-electron chi connectivity index (χ2n) is 6.49. The van der Waals surface area contributed by atoms with Crippen molar-refractivity contribution in [2.45, 2.75) is 18.2 Å². The highest BCUT2D eigenvalue weighted by Gasteiger charge is 2.20. The van der Waals surface area contributed by atoms with Gasteiger partial charge < -0.3 is 5.32 Å². The molecule has 3 heterocycles. The lowest BCUT2D eigenvalue weighted by atomic mass is 10.2. The summed E-state index contributed by atoms with van der Waals surface area (Å²) in [5, 5.41) is 2.70. The van der Waals surface area contributed by atoms with Gasteiger partial charge in [0.1, 0.15) is 17.2 Å². The fourth-order valence-corrected chi connectivity index (χ4v) is 3.95. The van der Waals surface area contributed by atoms with Crippen LogP contribution in [0.15, 0.2) is 66.0 Å². The van der Waals surface area contributed by atoms with Crippen LogP contribution in [0.2, 0.25) is 0 Å². The number of hydrogen-bond donors (Lipinski definition) is 2. The van der Waals surface area contributed by atoms with Gasteiger partial charge in [-0.05, 0) is 48.9 Å². The molecule has 0 bridgehead atoms. The predicted molar refractivity (Wildman–Crippen MR) is 112 cm³/mol. The number of halogens is 1. The number of fused-ring (bicyclic) bond motifs is 1. The zero-order chi connectivity index (χ0) is 22.0. The summed E-state index contributed by atoms with van der Waals surface area (Å²) in [6, 6.07) is 9.93. The number of amides is 1. The van der Waals surface area contributed by atoms with Gasteiger partial charge in [0.15, 0.2) is 0 Å². The van der Waals surface area contributed by atoms with Crippen molar-refractivity contribution < 1.29 is 17.6 Å². The van der Waals surface area contributed by atoms with Crippen LogP contribution in [-0.2, 0) is 16.4 Å². The molecule has 0 aliphatic heterocycles. The van der Waals surface area contributed by atoms with Crippen LogP contribution in [0.3, 0.4) is 0 Å². The summed E-state index contributed by atoms with van der Waals surface area (Å²) in [5.41, 5.74) is 1.57. The molecule has 0 unspecified atom stereocenters. The van der Waals surface area contributed by atoms with Crippen LogP contribution in [0.1, 0.15) is 23.1 Å². The highest BCUT2D eigenvalue weighted by atomic mass is 32.2. The SMILES string of the molecule is CCc1nc2ccc(F)cn2c1C(=O)Nc1ccc(S(=O)(=O)Nc2ncccn2)cc1. The topological polar surface area (TPSA) is 118 Å². The normalized spacial score (nSPS) is 11.4. The number of aromatic nitrogens is 4. The third kappa shape index (κ3) is 4.21. The molecule has 11 heteroatoms. The molecule has 2 N–H and O–H groups in total. The van der Waals surface area contributed by atoms with Crippen LogP contribution in [0.5, 0.6) is 0 Å². The van der Waals surface area contributed by atoms with Crippen molar-refractivity contribution in [1.29, 1.82) is 0 Å². The molecule has 1 amide bonds. The molecule has 0 radical (unpaired) electrons. The van der Waals surface area contributed by atoms with Crippen LogP contribution < -0.4 is 10.0 Å². The van der Waals surface area contributed by atoms with E-state index in [-0.39, 0.29) is 16.5 Å². The second-order valence-corrected chi connectivity index (χ2v) is 8.17. The monoisotopic (exact) mass is 440 g/mol. The first-order chi connectivity index (χ1) is 14.9. The number of hydrogen-bond acceptors (Lipinski definition) is 6. The maximum absolute atomic E-state index is 13.7. The molecule has 31 heavy (non-hydrogen) atoms. The Balaban J connectivity index is 1.56. The quantitative estimate of drug-likeness (QED) is 0.476. The van der Waals surface area contributed by atoms with Crippen molar-refractivity contribution in [3.63, 3.8) is 0 Å². The minimum absolute atomic E-state index is 0.0240. The third-order valence-corrected chi connectivity index (χ3v) is 5.76. The Morgan fingerprint density at radius 3 is 2.48 bits per heavy atom. The van der Waals surface area contributed by atoms with Crippen LogP contribution in [-0.4, -0.2) is 33.7 Å². The molecule has 0 atom stereocenters. The fourth-order valence-electron chi connectivity index (χ4n) is 2.99. The number of imidazole rings is 1. The molecule has 0 saturated carbocycles. The van der Waals surface area contributed by atoms with Gasteiger partial charge in [-0.2, -0.15) is 0 Å². The third-order valence-electron chi connectivity index (χ3n) is 4.42. The van der Waals surface area contributed by atoms with Gasteiger partial charge in [-0.25, -0.2) is 32.5 Å². The number of anilines is 2. The van der Waals surface area contributed by atoms with Gasteiger partial charge in [0.05, 0.1) is 10.6 Å². The van der Waals surface area contributed by atoms with Gasteiger partial charge in [-0.1, -0.05) is 6.92 Å². The van der Waals surface area contributed by atoms with Crippen molar-refractivity contribution in [2.75, 3.05) is 10.0 Å². The van der Waals surface area contributed by atoms with Crippen LogP contribution in [0.4, 0.5) is 16.0 Å². The Hall–Kier alpha value is -3.86. The first-order valence-corrected chi connectivity index (χ1v) is 10.7. The first-order valence-electron chi connectivity index (χ1n) is 9.25. The first kappa shape index (κ1) is 20.4. The van der Waals surface area contributed by atoms with Gasteiger partial charge in [0.2, 0.25) is 5.95 Å². The second kappa shape index (κ2) is 8.11. The summed E-state index contributed by atoms with van der Waals surface area (Å²) in [4.78, 5) is 24.9. The lowest BCUT2D eigenvalue weighted by Crippen LogP contribution is -2.17. The van der Waals surface area contributed by atoms with E-state index in [9.17, 15) is 17.6 Å². The van der Waals surface area contributed by atoms with Gasteiger partial charge in [0.25, 0.3) is 15.9 Å². The Bertz CT molecular complexity index is 1360. The van der Waals surface area contributed by atoms with Gasteiger partial charge in [-0.3, -0.25) is 9.20 Å². The maximum atomic E-state index is 13.7. The van der Waals surface area contributed by atoms with Gasteiger partial charge >= 0.3 is 0 Å². The van der Waals surface area contributed by atoms with Gasteiger partial charge in [0, 0.05) is 24.3 Å². The Morgan fingerprint density at radius 2 is 1.81 bits per heavy atom. The molecule has 0 aliphatic carbocycles. The summed E-state index contributed by atoms with van der Waals surface area (Å²) in [6.45, 7) is 1.85. The largest absolute Gasteiger partial charge is 0.321 e. The van der Waals surface area contributed by atoms with Crippen LogP contribution in [0, 0.1) is 5.82 Å². The fraction of sp³-hybridized carbons (Fsp3) is 0.100. The van der Waals surface area contributed by atoms with Crippen LogP contribution >= 0.6 is 0 Å². The van der Waals surface area contributed by atoms with Crippen molar-refractivity contribution in [3.8, 4) is 0 Å². The summed E-state index contributed by atoms with van der Waals surface area (Å²) in [5.74, 6) is -1.03. The molecule has 4 aromatic rings. The molecule has 3 aromatic heterocycles. The molecule has 9 nitrogen and oxygen atoms in total. The molecule has 1 aromatic carbocycles. The molecular weight excluding hydrogens is 423 g/mol. The predicted octanol–water partition coefficient (Wildman–Crippen LogP) is 2.88. The van der Waals surface area contributed by atoms with E-state index in [0.29, 0.717) is 23.4 Å². The van der Waals surface area contributed by atoms with E-state index < -0.39 is 21.7 Å². The van der Waals surface area contributed by atoms with E-state index in [2.05, 4.69) is 25.0 Å². The summed E-state index contributed by atoms with van der Waals surface area (Å²) in [7, 11) is -3.89. The lowest BCUT2D eigenvalue weighted by Gasteiger charge is -2.09. The summed E-state index contributed by atoms with van der Waals surface area (Å²) < 4.78 is 42.3. The van der Waals surface area contributed by atoms with Gasteiger partial charge in [-0.15, -0.1) is 0 Å². The van der Waals surface area contributed by atoms with Crippen molar-refractivity contribution >= 4 is 33.2 Å². The Morgan fingerprint density at radius 1 is 1.10 bits per heavy atom. The number of nitrogens with zero attached hydrogens (tertiary/aromatic N) is 4. The van der Waals surface area contributed by atoms with E-state index >= 15 is 0 Å². The van der Waals surface area contributed by atoms with E-state index in [4.69, 9.17) is 0 Å². The van der Waals surface area contributed by atoms with E-state index in [1.165, 1.54) is 59.4 Å². The number of aryl methyl sites for hydroxylation is 1. The van der Waals surface area contributed by atoms with Crippen molar-refractivity contribution in [2.24, 2.45) is 0 Å². The van der Waals surface area contributed by atoms with E-state index in [1.807, 2.05) is 6.92 Å². The summed E-state index contributed by atoms with van der Waals surface area (Å²) >= 11 is 0. The standard InChI is InChI=1S/C20H17FN6O3S/c1-2-16-18(27-12-13(21)4-9-17(27)25-16)19(28)24-14-5-7-15(8-6-14)31(29,30)26-20-22-10-3-11-23-20/h3-12H,2H2,1H3,(H,24,28)(H,22,23,26). The Labute approximate surface area is 177 Å². The number of sulfonamides is 1. The number of benzene rings is 1. The average Bonchev–Trinajstić information content (AvgIpc) is 3.12. The maximum Gasteiger partial charge on any atom is 0.274 e. The van der Waals surface area contributed by atoms with Crippen LogP contribution in [0.25, 0.3) is 5.65 Å². The molecule has 0 spiro atoms. The molecule has 158 valence electrons. The zero-order valence-electron chi connectivity index (χ0n) is 16.3. The number of nitrogens with one attached hydrogen (secondary N) is 2. The lowest BCUT2D eigenvalue weighted by molar-refractivity contribution is 0.102. The molecule has 0 saturated heterocycles. The highest BCUT2D eigenvalue weighted by molar-refractivity contribution is 7.92. The highest BCUT2D eigenvalue weighted by Crippen LogP contribution is 2.19. The van der Waals surface area contributed by atoms with E-state index in [0.717, 1.165) is 0 Å². The Kier molecular flexibility index (Phi) is 5.34. The molecule has 4 rings (SSSR count). The number of rotatable bonds is 6. The molecule has 0 aliphatic rings. The molecular formula is C20H17FN6O3S. The van der Waals surface area contributed by atoms with Crippen molar-refractivity contribution in [1.82, 2.24) is 19.4 Å². The number of carbonyl (C=O) groups excluding carboxylic acids is 1. The smallest absolute Gasteiger partial charge is 0.274 e.